The molecule has 0 spiro atoms. The number of aryl methyl sites for hydroxylation is 1. The first kappa shape index (κ1) is 17.5. The van der Waals surface area contributed by atoms with Gasteiger partial charge in [0.05, 0.1) is 6.61 Å². The molecule has 1 amide bonds. The predicted octanol–water partition coefficient (Wildman–Crippen LogP) is 1.33. The highest BCUT2D eigenvalue weighted by molar-refractivity contribution is 7.99. The number of rotatable bonds is 9. The van der Waals surface area contributed by atoms with Gasteiger partial charge in [-0.3, -0.25) is 9.59 Å². The Kier molecular flexibility index (Phi) is 7.84. The van der Waals surface area contributed by atoms with Crippen LogP contribution < -0.4 is 11.1 Å². The largest absolute Gasteiger partial charge is 0.465 e. The van der Waals surface area contributed by atoms with Crippen LogP contribution in [-0.4, -0.2) is 41.2 Å². The van der Waals surface area contributed by atoms with E-state index in [4.69, 9.17) is 15.0 Å². The average Bonchev–Trinajstić information content (AvgIpc) is 2.83. The summed E-state index contributed by atoms with van der Waals surface area (Å²) >= 11 is 1.57. The predicted molar refractivity (Wildman–Crippen MR) is 81.0 cm³/mol. The van der Waals surface area contributed by atoms with E-state index in [-0.39, 0.29) is 11.9 Å². The van der Waals surface area contributed by atoms with Crippen LogP contribution in [0.1, 0.15) is 25.5 Å². The molecule has 1 aromatic rings. The van der Waals surface area contributed by atoms with Gasteiger partial charge in [0.1, 0.15) is 11.8 Å². The number of ether oxygens (including phenoxy) is 1. The summed E-state index contributed by atoms with van der Waals surface area (Å²) in [5, 5.41) is 6.32. The maximum atomic E-state index is 11.6. The highest BCUT2D eigenvalue weighted by Crippen LogP contribution is 2.10. The Morgan fingerprint density at radius 2 is 2.29 bits per heavy atom. The summed E-state index contributed by atoms with van der Waals surface area (Å²) in [6, 6.07) is 1.06. The van der Waals surface area contributed by atoms with E-state index in [0.29, 0.717) is 42.5 Å². The van der Waals surface area contributed by atoms with Gasteiger partial charge in [-0.05, 0) is 26.0 Å². The van der Waals surface area contributed by atoms with Crippen LogP contribution in [0.25, 0.3) is 0 Å². The lowest BCUT2D eigenvalue weighted by molar-refractivity contribution is -0.144. The second kappa shape index (κ2) is 9.41. The Balaban J connectivity index is 2.08. The molecule has 1 aromatic heterocycles. The van der Waals surface area contributed by atoms with Crippen molar-refractivity contribution in [3.63, 3.8) is 0 Å². The summed E-state index contributed by atoms with van der Waals surface area (Å²) in [5.41, 5.74) is 5.66. The number of nitrogens with zero attached hydrogens (tertiary/aromatic N) is 1. The molecule has 1 heterocycles. The third kappa shape index (κ3) is 7.14. The number of amides is 1. The van der Waals surface area contributed by atoms with Crippen molar-refractivity contribution >= 4 is 29.5 Å². The van der Waals surface area contributed by atoms with E-state index in [9.17, 15) is 9.59 Å². The van der Waals surface area contributed by atoms with Crippen molar-refractivity contribution in [2.75, 3.05) is 23.4 Å². The molecule has 0 aliphatic rings. The Bertz CT molecular complexity index is 464. The standard InChI is InChI=1S/C13H21N3O4S/c1-3-19-13(18)10(14)4-6-21-7-5-12(17)15-11-8-9(2)20-16-11/h8,10H,3-7,14H2,1-2H3,(H,15,16,17). The van der Waals surface area contributed by atoms with Gasteiger partial charge in [0.15, 0.2) is 5.82 Å². The summed E-state index contributed by atoms with van der Waals surface area (Å²) in [6.07, 6.45) is 0.902. The first-order valence-corrected chi connectivity index (χ1v) is 7.91. The maximum Gasteiger partial charge on any atom is 0.322 e. The molecular formula is C13H21N3O4S. The number of esters is 1. The first-order valence-electron chi connectivity index (χ1n) is 6.76. The van der Waals surface area contributed by atoms with E-state index in [1.807, 2.05) is 0 Å². The Labute approximate surface area is 127 Å². The van der Waals surface area contributed by atoms with Crippen LogP contribution in [0, 0.1) is 6.92 Å². The zero-order valence-electron chi connectivity index (χ0n) is 12.3. The Morgan fingerprint density at radius 3 is 2.90 bits per heavy atom. The second-order valence-corrected chi connectivity index (χ2v) is 5.61. The van der Waals surface area contributed by atoms with Crippen molar-refractivity contribution in [1.82, 2.24) is 5.16 Å². The molecule has 0 saturated heterocycles. The maximum absolute atomic E-state index is 11.6. The molecule has 1 atom stereocenters. The minimum Gasteiger partial charge on any atom is -0.465 e. The Hall–Kier alpha value is -1.54. The van der Waals surface area contributed by atoms with Crippen LogP contribution in [0.3, 0.4) is 0 Å². The minimum atomic E-state index is -0.593. The van der Waals surface area contributed by atoms with E-state index in [2.05, 4.69) is 10.5 Å². The lowest BCUT2D eigenvalue weighted by atomic mass is 10.2. The molecule has 7 nitrogen and oxygen atoms in total. The number of nitrogens with two attached hydrogens (primary N) is 1. The van der Waals surface area contributed by atoms with Crippen LogP contribution in [0.2, 0.25) is 0 Å². The summed E-state index contributed by atoms with van der Waals surface area (Å²) in [6.45, 7) is 3.83. The van der Waals surface area contributed by atoms with Gasteiger partial charge in [-0.15, -0.1) is 0 Å². The third-order valence-electron chi connectivity index (χ3n) is 2.53. The Morgan fingerprint density at radius 1 is 1.52 bits per heavy atom. The molecule has 0 aromatic carbocycles. The fraction of sp³-hybridized carbons (Fsp3) is 0.615. The number of nitrogens with one attached hydrogen (secondary N) is 1. The van der Waals surface area contributed by atoms with Crippen molar-refractivity contribution in [2.45, 2.75) is 32.7 Å². The molecule has 1 unspecified atom stereocenters. The van der Waals surface area contributed by atoms with Crippen LogP contribution in [0.4, 0.5) is 5.82 Å². The molecular weight excluding hydrogens is 294 g/mol. The quantitative estimate of drug-likeness (QED) is 0.522. The van der Waals surface area contributed by atoms with Gasteiger partial charge >= 0.3 is 5.97 Å². The molecule has 1 rings (SSSR count). The average molecular weight is 315 g/mol. The summed E-state index contributed by atoms with van der Waals surface area (Å²) in [7, 11) is 0. The van der Waals surface area contributed by atoms with Crippen molar-refractivity contribution in [3.8, 4) is 0 Å². The van der Waals surface area contributed by atoms with Gasteiger partial charge in [0.25, 0.3) is 0 Å². The second-order valence-electron chi connectivity index (χ2n) is 4.38. The van der Waals surface area contributed by atoms with Crippen molar-refractivity contribution < 1.29 is 18.8 Å². The topological polar surface area (TPSA) is 107 Å². The van der Waals surface area contributed by atoms with Crippen molar-refractivity contribution in [3.05, 3.63) is 11.8 Å². The molecule has 0 saturated carbocycles. The molecule has 0 bridgehead atoms. The highest BCUT2D eigenvalue weighted by atomic mass is 32.2. The molecule has 0 aliphatic carbocycles. The number of carbonyl (C=O) groups is 2. The summed E-state index contributed by atoms with van der Waals surface area (Å²) < 4.78 is 9.66. The van der Waals surface area contributed by atoms with E-state index in [1.54, 1.807) is 31.7 Å². The fourth-order valence-corrected chi connectivity index (χ4v) is 2.43. The van der Waals surface area contributed by atoms with Gasteiger partial charge in [0.2, 0.25) is 5.91 Å². The fourth-order valence-electron chi connectivity index (χ4n) is 1.48. The highest BCUT2D eigenvalue weighted by Gasteiger charge is 2.13. The minimum absolute atomic E-state index is 0.120. The first-order chi connectivity index (χ1) is 10.0. The zero-order chi connectivity index (χ0) is 15.7. The van der Waals surface area contributed by atoms with Gasteiger partial charge in [-0.2, -0.15) is 11.8 Å². The van der Waals surface area contributed by atoms with Crippen LogP contribution in [0.15, 0.2) is 10.6 Å². The van der Waals surface area contributed by atoms with Gasteiger partial charge in [-0.25, -0.2) is 0 Å². The van der Waals surface area contributed by atoms with Crippen LogP contribution in [-0.2, 0) is 14.3 Å². The normalized spacial score (nSPS) is 12.0. The number of hydrogen-bond acceptors (Lipinski definition) is 7. The van der Waals surface area contributed by atoms with Gasteiger partial charge in [-0.1, -0.05) is 5.16 Å². The number of aromatic nitrogens is 1. The molecule has 21 heavy (non-hydrogen) atoms. The van der Waals surface area contributed by atoms with E-state index in [0.717, 1.165) is 0 Å². The molecule has 118 valence electrons. The molecule has 0 radical (unpaired) electrons. The lowest BCUT2D eigenvalue weighted by Gasteiger charge is -2.09. The molecule has 3 N–H and O–H groups in total. The number of hydrogen-bond donors (Lipinski definition) is 2. The monoisotopic (exact) mass is 315 g/mol. The van der Waals surface area contributed by atoms with Crippen LogP contribution in [0.5, 0.6) is 0 Å². The summed E-state index contributed by atoms with van der Waals surface area (Å²) in [4.78, 5) is 22.9. The number of anilines is 1. The smallest absolute Gasteiger partial charge is 0.322 e. The molecule has 0 aliphatic heterocycles. The van der Waals surface area contributed by atoms with Crippen molar-refractivity contribution in [1.29, 1.82) is 0 Å². The number of carbonyl (C=O) groups excluding carboxylic acids is 2. The molecule has 8 heteroatoms. The van der Waals surface area contributed by atoms with Gasteiger partial charge in [0, 0.05) is 18.2 Å². The van der Waals surface area contributed by atoms with Gasteiger partial charge < -0.3 is 20.3 Å². The molecule has 0 fully saturated rings. The third-order valence-corrected chi connectivity index (χ3v) is 3.55. The van der Waals surface area contributed by atoms with Crippen LogP contribution >= 0.6 is 11.8 Å². The lowest BCUT2D eigenvalue weighted by Crippen LogP contribution is -2.32. The van der Waals surface area contributed by atoms with E-state index in [1.165, 1.54) is 0 Å². The van der Waals surface area contributed by atoms with Crippen molar-refractivity contribution in [2.24, 2.45) is 5.73 Å². The number of thioether (sulfide) groups is 1. The summed E-state index contributed by atoms with van der Waals surface area (Å²) in [5.74, 6) is 1.93. The zero-order valence-corrected chi connectivity index (χ0v) is 13.1. The van der Waals surface area contributed by atoms with E-state index < -0.39 is 6.04 Å². The van der Waals surface area contributed by atoms with E-state index >= 15 is 0 Å². The SMILES string of the molecule is CCOC(=O)C(N)CCSCCC(=O)Nc1cc(C)on1.